The van der Waals surface area contributed by atoms with Gasteiger partial charge in [0.15, 0.2) is 11.6 Å². The van der Waals surface area contributed by atoms with Crippen molar-refractivity contribution in [1.29, 1.82) is 15.8 Å². The highest BCUT2D eigenvalue weighted by molar-refractivity contribution is 6.35. The number of H-pyrrole nitrogens is 1. The molecule has 0 radical (unpaired) electrons. The first-order valence-corrected chi connectivity index (χ1v) is 35.3. The predicted molar refractivity (Wildman–Crippen MR) is 391 cm³/mol. The van der Waals surface area contributed by atoms with Gasteiger partial charge in [-0.3, -0.25) is 19.5 Å². The molecule has 8 N–H and O–H groups in total. The third-order valence-electron chi connectivity index (χ3n) is 18.6. The number of carbonyl (C=O) groups excluding carboxylic acids is 5. The molecule has 3 fully saturated rings. The van der Waals surface area contributed by atoms with Crippen LogP contribution < -0.4 is 20.0 Å². The standard InChI is InChI=1S/C27H27FN6O5.C22H19FN6O3.C19H15ClFN3O3.C8H13N3O2/c1-27(2,3)39-26(38)33-13-20-24(25(33)37)21(10-19(30-20)23-15(11-29)5-4-6-18(23)28)34-8-7-22(31-34)32-12-17(36)9-16(32)14-35;23-15-3-1-2-12(8-24)20(15)16-7-18(21-17(26-16)9-25-22(21)32)29-5-4-19(27-29)28-10-14(31)6-13(28)11-30;1-19(2,3)27-18(26)24-9-14-16(17(24)25)11(20)7-13(23-14)15-10(8-22)5-4-6-12(15)21;12-5-6-3-7(13)4-11(6)8-1-2-9-10-8/h4-8,10,16-17,35-36H,9,12-14H2,1-3H3;1-5,7,13-14,30-31H,6,9-11H2,(H,25,32);4-7H,9H2,1-3H3;1-2,6-7,12-13H,3-5H2,(H,9,10)/t16-,17+;13-,14+;;6-,7+/m00.0/s1. The Morgan fingerprint density at radius 1 is 0.550 bits per heavy atom. The number of nitrogens with zero attached hydrogens (tertiary/aromatic N) is 16. The SMILES string of the molecule is CC(C)(C)OC(=O)N1Cc2nc(-c3c(F)cccc3C#N)cc(-n3ccc(N4C[C@H](O)C[C@H]4CO)n3)c2C1=O.CC(C)(C)OC(=O)N1Cc2nc(-c3c(F)cccc3C#N)cc(Cl)c2C1=O.N#Cc1cccc(F)c1-c1cc(-n2ccc(N3C[C@H](O)C[C@H]3CO)n2)c2c(n1)CNC2=O.OC[C@@H]1C[C@@H](O)CN1c1ccn[nH]1. The monoisotopic (exact) mass is 1540 g/mol. The largest absolute Gasteiger partial charge is 0.443 e. The van der Waals surface area contributed by atoms with Gasteiger partial charge in [0.1, 0.15) is 34.5 Å². The van der Waals surface area contributed by atoms with Crippen LogP contribution in [0.2, 0.25) is 5.02 Å². The summed E-state index contributed by atoms with van der Waals surface area (Å²) in [6, 6.07) is 27.2. The lowest BCUT2D eigenvalue weighted by atomic mass is 10.0. The fourth-order valence-corrected chi connectivity index (χ4v) is 14.0. The zero-order chi connectivity index (χ0) is 79.7. The van der Waals surface area contributed by atoms with Crippen LogP contribution in [0.4, 0.5) is 40.2 Å². The number of halogens is 4. The second-order valence-corrected chi connectivity index (χ2v) is 29.0. The van der Waals surface area contributed by atoms with Crippen LogP contribution in [0.1, 0.15) is 126 Å². The van der Waals surface area contributed by atoms with Crippen molar-refractivity contribution in [2.24, 2.45) is 0 Å². The lowest BCUT2D eigenvalue weighted by Gasteiger charge is -2.23. The number of pyridine rings is 3. The van der Waals surface area contributed by atoms with Crippen molar-refractivity contribution < 1.29 is 77.3 Å². The zero-order valence-electron chi connectivity index (χ0n) is 60.5. The molecule has 574 valence electrons. The number of amides is 5. The number of benzene rings is 3. The molecule has 12 heterocycles. The predicted octanol–water partition coefficient (Wildman–Crippen LogP) is 7.53. The Kier molecular flexibility index (Phi) is 22.7. The maximum atomic E-state index is 15.0. The van der Waals surface area contributed by atoms with Gasteiger partial charge in [-0.15, -0.1) is 0 Å². The number of aliphatic hydroxyl groups is 6. The minimum atomic E-state index is -0.848. The summed E-state index contributed by atoms with van der Waals surface area (Å²) in [5.74, 6) is -1.63. The number of hydrogen-bond donors (Lipinski definition) is 8. The number of aliphatic hydroxyl groups excluding tert-OH is 6. The van der Waals surface area contributed by atoms with Crippen LogP contribution >= 0.6 is 11.6 Å². The molecule has 31 nitrogen and oxygen atoms in total. The lowest BCUT2D eigenvalue weighted by molar-refractivity contribution is 0.0230. The van der Waals surface area contributed by atoms with Gasteiger partial charge in [0, 0.05) is 50.2 Å². The van der Waals surface area contributed by atoms with E-state index in [-0.39, 0.29) is 160 Å². The highest BCUT2D eigenvalue weighted by atomic mass is 35.5. The summed E-state index contributed by atoms with van der Waals surface area (Å²) in [6.07, 6.45) is 3.15. The highest BCUT2D eigenvalue weighted by Crippen LogP contribution is 2.39. The van der Waals surface area contributed by atoms with E-state index in [9.17, 15) is 78.5 Å². The number of hydrogen-bond acceptors (Lipinski definition) is 25. The van der Waals surface area contributed by atoms with Gasteiger partial charge < -0.3 is 60.1 Å². The number of nitrogens with one attached hydrogen (secondary N) is 2. The van der Waals surface area contributed by atoms with E-state index < -0.39 is 64.9 Å². The topological polar surface area (TPSA) is 428 Å². The molecular weight excluding hydrogens is 1470 g/mol. The summed E-state index contributed by atoms with van der Waals surface area (Å²) >= 11 is 6.23. The van der Waals surface area contributed by atoms with E-state index in [1.54, 1.807) is 83.2 Å². The molecule has 6 atom stereocenters. The van der Waals surface area contributed by atoms with E-state index in [0.717, 1.165) is 15.6 Å². The summed E-state index contributed by atoms with van der Waals surface area (Å²) < 4.78 is 57.5. The molecule has 6 aliphatic rings. The number of aromatic amines is 1. The lowest BCUT2D eigenvalue weighted by Crippen LogP contribution is -2.37. The number of rotatable bonds is 11. The fraction of sp³-hybridized carbons (Fsp3) is 0.342. The Balaban J connectivity index is 0.000000145. The molecule has 0 saturated carbocycles. The van der Waals surface area contributed by atoms with Crippen LogP contribution in [-0.4, -0.2) is 202 Å². The van der Waals surface area contributed by atoms with Gasteiger partial charge in [0.2, 0.25) is 0 Å². The molecule has 0 spiro atoms. The molecule has 35 heteroatoms. The van der Waals surface area contributed by atoms with Crippen molar-refractivity contribution in [2.45, 2.75) is 128 Å². The minimum absolute atomic E-state index is 0.00660. The van der Waals surface area contributed by atoms with Crippen molar-refractivity contribution in [1.82, 2.24) is 59.8 Å². The maximum Gasteiger partial charge on any atom is 0.417 e. The van der Waals surface area contributed by atoms with Crippen LogP contribution in [0.3, 0.4) is 0 Å². The first kappa shape index (κ1) is 78.4. The number of anilines is 3. The number of nitriles is 3. The van der Waals surface area contributed by atoms with Gasteiger partial charge in [-0.05, 0) is 115 Å². The Labute approximate surface area is 637 Å². The summed E-state index contributed by atoms with van der Waals surface area (Å²) in [6.45, 7) is 10.9. The summed E-state index contributed by atoms with van der Waals surface area (Å²) in [5.41, 5.74) is 1.11. The molecule has 5 amide bonds. The summed E-state index contributed by atoms with van der Waals surface area (Å²) in [7, 11) is 0. The molecule has 0 unspecified atom stereocenters. The number of aromatic nitrogens is 9. The van der Waals surface area contributed by atoms with Gasteiger partial charge in [-0.2, -0.15) is 31.1 Å². The molecule has 3 aromatic carbocycles. The summed E-state index contributed by atoms with van der Waals surface area (Å²) in [5, 5.41) is 105. The number of β-amino-alcohol motifs (C(OH)–C–C–N with tert-alkyl or cyclic N) is 3. The van der Waals surface area contributed by atoms with Crippen molar-refractivity contribution in [3.05, 3.63) is 183 Å². The van der Waals surface area contributed by atoms with Crippen molar-refractivity contribution in [3.63, 3.8) is 0 Å². The van der Waals surface area contributed by atoms with Gasteiger partial charge in [0.25, 0.3) is 17.7 Å². The smallest absolute Gasteiger partial charge is 0.417 e. The average Bonchev–Trinajstić information content (AvgIpc) is 1.65. The van der Waals surface area contributed by atoms with Gasteiger partial charge >= 0.3 is 12.2 Å². The average molecular weight is 1540 g/mol. The molecule has 0 bridgehead atoms. The second kappa shape index (κ2) is 32.2. The fourth-order valence-electron chi connectivity index (χ4n) is 13.7. The maximum absolute atomic E-state index is 15.0. The van der Waals surface area contributed by atoms with Crippen LogP contribution in [0, 0.1) is 51.4 Å². The van der Waals surface area contributed by atoms with E-state index in [1.165, 1.54) is 76.1 Å². The van der Waals surface area contributed by atoms with Crippen molar-refractivity contribution in [2.75, 3.05) is 54.2 Å². The van der Waals surface area contributed by atoms with E-state index >= 15 is 0 Å². The third-order valence-corrected chi connectivity index (χ3v) is 18.9. The molecule has 0 aliphatic carbocycles. The van der Waals surface area contributed by atoms with Gasteiger partial charge in [-0.1, -0.05) is 29.8 Å². The van der Waals surface area contributed by atoms with Crippen LogP contribution in [0.15, 0.2) is 110 Å². The number of carbonyl (C=O) groups is 5. The minimum Gasteiger partial charge on any atom is -0.443 e. The first-order chi connectivity index (χ1) is 52.9. The Morgan fingerprint density at radius 3 is 1.36 bits per heavy atom. The van der Waals surface area contributed by atoms with E-state index in [4.69, 9.17) is 26.2 Å². The molecule has 6 aliphatic heterocycles. The Hall–Kier alpha value is -12.2. The molecule has 9 aromatic rings. The van der Waals surface area contributed by atoms with E-state index in [2.05, 4.69) is 40.7 Å². The van der Waals surface area contributed by atoms with Crippen LogP contribution in [-0.2, 0) is 29.1 Å². The molecular formula is C76H74ClF3N18O13. The number of ether oxygens (including phenoxy) is 2. The normalized spacial score (nSPS) is 18.9. The number of imide groups is 2. The van der Waals surface area contributed by atoms with Gasteiger partial charge in [0.05, 0.1) is 201 Å². The Morgan fingerprint density at radius 2 is 0.946 bits per heavy atom. The highest BCUT2D eigenvalue weighted by Gasteiger charge is 2.42. The van der Waals surface area contributed by atoms with Crippen LogP contribution in [0.5, 0.6) is 0 Å². The van der Waals surface area contributed by atoms with E-state index in [0.29, 0.717) is 60.9 Å². The Bertz CT molecular complexity index is 5240. The molecule has 3 saturated heterocycles. The van der Waals surface area contributed by atoms with Crippen LogP contribution in [0.25, 0.3) is 45.1 Å². The van der Waals surface area contributed by atoms with Crippen molar-refractivity contribution in [3.8, 4) is 63.4 Å². The van der Waals surface area contributed by atoms with Gasteiger partial charge in [-0.25, -0.2) is 56.9 Å². The summed E-state index contributed by atoms with van der Waals surface area (Å²) in [4.78, 5) is 84.3. The molecule has 6 aromatic heterocycles. The van der Waals surface area contributed by atoms with E-state index in [1.807, 2.05) is 34.1 Å². The zero-order valence-corrected chi connectivity index (χ0v) is 61.3. The molecule has 111 heavy (non-hydrogen) atoms. The molecule has 15 rings (SSSR count). The first-order valence-electron chi connectivity index (χ1n) is 34.9. The second-order valence-electron chi connectivity index (χ2n) is 28.6. The third kappa shape index (κ3) is 16.4. The quantitative estimate of drug-likeness (QED) is 0.0620. The number of fused-ring (bicyclic) bond motifs is 3. The van der Waals surface area contributed by atoms with Crippen molar-refractivity contribution >= 4 is 59.0 Å².